The Morgan fingerprint density at radius 2 is 1.73 bits per heavy atom. The van der Waals surface area contributed by atoms with Gasteiger partial charge in [-0.25, -0.2) is 0 Å². The van der Waals surface area contributed by atoms with Crippen LogP contribution in [0, 0.1) is 3.57 Å². The maximum atomic E-state index is 12.2. The van der Waals surface area contributed by atoms with Crippen LogP contribution in [0.25, 0.3) is 10.8 Å². The summed E-state index contributed by atoms with van der Waals surface area (Å²) in [5, 5.41) is 1.64. The van der Waals surface area contributed by atoms with Gasteiger partial charge in [0.15, 0.2) is 0 Å². The van der Waals surface area contributed by atoms with E-state index in [1.54, 1.807) is 12.1 Å². The lowest BCUT2D eigenvalue weighted by Gasteiger charge is -2.09. The van der Waals surface area contributed by atoms with Crippen LogP contribution in [0.3, 0.4) is 0 Å². The molecule has 0 saturated heterocycles. The zero-order chi connectivity index (χ0) is 10.8. The van der Waals surface area contributed by atoms with Crippen molar-refractivity contribution >= 4 is 33.4 Å². The summed E-state index contributed by atoms with van der Waals surface area (Å²) in [5.41, 5.74) is 0. The average Bonchev–Trinajstić information content (AvgIpc) is 2.17. The second-order valence-electron chi connectivity index (χ2n) is 2.97. The lowest BCUT2D eigenvalue weighted by Crippen LogP contribution is -2.02. The van der Waals surface area contributed by atoms with Gasteiger partial charge in [-0.3, -0.25) is 0 Å². The van der Waals surface area contributed by atoms with Crippen molar-refractivity contribution in [3.8, 4) is 5.75 Å². The Balaban J connectivity index is 2.63. The topological polar surface area (TPSA) is 9.23 Å². The molecule has 0 aromatic heterocycles. The molecule has 0 saturated carbocycles. The van der Waals surface area contributed by atoms with Crippen molar-refractivity contribution in [2.45, 2.75) is 6.61 Å². The fourth-order valence-corrected chi connectivity index (χ4v) is 2.24. The summed E-state index contributed by atoms with van der Waals surface area (Å²) >= 11 is 2.11. The van der Waals surface area contributed by atoms with E-state index in [1.165, 1.54) is 0 Å². The van der Waals surface area contributed by atoms with Crippen LogP contribution >= 0.6 is 22.6 Å². The van der Waals surface area contributed by atoms with Gasteiger partial charge < -0.3 is 4.74 Å². The zero-order valence-electron chi connectivity index (χ0n) is 7.58. The number of rotatable bonds is 2. The van der Waals surface area contributed by atoms with Crippen LogP contribution in [0.5, 0.6) is 5.75 Å². The first-order chi connectivity index (χ1) is 7.18. The fraction of sp³-hybridized carbons (Fsp3) is 0.0909. The molecule has 0 aliphatic rings. The molecule has 0 N–H and O–H groups in total. The van der Waals surface area contributed by atoms with E-state index < -0.39 is 6.61 Å². The van der Waals surface area contributed by atoms with Crippen LogP contribution in [-0.4, -0.2) is 6.61 Å². The molecule has 0 radical (unpaired) electrons. The molecular weight excluding hydrogens is 313 g/mol. The largest absolute Gasteiger partial charge is 0.434 e. The van der Waals surface area contributed by atoms with E-state index in [1.807, 2.05) is 24.3 Å². The first-order valence-corrected chi connectivity index (χ1v) is 5.38. The van der Waals surface area contributed by atoms with Crippen molar-refractivity contribution in [3.63, 3.8) is 0 Å². The highest BCUT2D eigenvalue weighted by atomic mass is 127. The molecule has 15 heavy (non-hydrogen) atoms. The second-order valence-corrected chi connectivity index (χ2v) is 4.13. The standard InChI is InChI=1S/C11H7F2IO/c12-11(13)15-9-6-2-4-7-3-1-5-8(14)10(7)9/h1-6,11H. The summed E-state index contributed by atoms with van der Waals surface area (Å²) in [7, 11) is 0. The summed E-state index contributed by atoms with van der Waals surface area (Å²) < 4.78 is 29.7. The minimum absolute atomic E-state index is 0.229. The van der Waals surface area contributed by atoms with Crippen molar-refractivity contribution in [1.82, 2.24) is 0 Å². The van der Waals surface area contributed by atoms with E-state index in [2.05, 4.69) is 27.3 Å². The monoisotopic (exact) mass is 320 g/mol. The van der Waals surface area contributed by atoms with Crippen LogP contribution in [-0.2, 0) is 0 Å². The normalized spacial score (nSPS) is 10.9. The minimum Gasteiger partial charge on any atom is -0.434 e. The average molecular weight is 320 g/mol. The Morgan fingerprint density at radius 3 is 2.40 bits per heavy atom. The number of halogens is 3. The highest BCUT2D eigenvalue weighted by Gasteiger charge is 2.09. The minimum atomic E-state index is -2.79. The van der Waals surface area contributed by atoms with Crippen molar-refractivity contribution in [1.29, 1.82) is 0 Å². The van der Waals surface area contributed by atoms with Gasteiger partial charge in [-0.1, -0.05) is 24.3 Å². The van der Waals surface area contributed by atoms with Gasteiger partial charge in [0.2, 0.25) is 0 Å². The Labute approximate surface area is 99.2 Å². The van der Waals surface area contributed by atoms with Crippen molar-refractivity contribution in [3.05, 3.63) is 40.0 Å². The fourth-order valence-electron chi connectivity index (χ4n) is 1.46. The summed E-state index contributed by atoms with van der Waals surface area (Å²) in [6, 6.07) is 10.7. The molecular formula is C11H7F2IO. The lowest BCUT2D eigenvalue weighted by atomic mass is 10.1. The molecule has 2 aromatic rings. The number of ether oxygens (including phenoxy) is 1. The van der Waals surface area contributed by atoms with E-state index in [4.69, 9.17) is 0 Å². The second kappa shape index (κ2) is 4.30. The SMILES string of the molecule is FC(F)Oc1cccc2cccc(I)c12. The molecule has 0 atom stereocenters. The molecule has 0 bridgehead atoms. The third kappa shape index (κ3) is 2.19. The predicted molar refractivity (Wildman–Crippen MR) is 63.3 cm³/mol. The summed E-state index contributed by atoms with van der Waals surface area (Å²) in [6.45, 7) is -2.79. The van der Waals surface area contributed by atoms with Gasteiger partial charge in [0.25, 0.3) is 0 Å². The van der Waals surface area contributed by atoms with Gasteiger partial charge in [-0.05, 0) is 40.1 Å². The van der Waals surface area contributed by atoms with Gasteiger partial charge in [0, 0.05) is 8.96 Å². The maximum Gasteiger partial charge on any atom is 0.387 e. The van der Waals surface area contributed by atoms with Gasteiger partial charge in [-0.15, -0.1) is 0 Å². The molecule has 0 spiro atoms. The van der Waals surface area contributed by atoms with Crippen LogP contribution in [0.4, 0.5) is 8.78 Å². The number of hydrogen-bond acceptors (Lipinski definition) is 1. The first kappa shape index (κ1) is 10.6. The smallest absolute Gasteiger partial charge is 0.387 e. The highest BCUT2D eigenvalue weighted by Crippen LogP contribution is 2.30. The van der Waals surface area contributed by atoms with Gasteiger partial charge in [-0.2, -0.15) is 8.78 Å². The summed E-state index contributed by atoms with van der Waals surface area (Å²) in [4.78, 5) is 0. The molecule has 1 nitrogen and oxygen atoms in total. The molecule has 0 aliphatic carbocycles. The quantitative estimate of drug-likeness (QED) is 0.759. The molecule has 0 heterocycles. The number of alkyl halides is 2. The zero-order valence-corrected chi connectivity index (χ0v) is 9.74. The maximum absolute atomic E-state index is 12.2. The van der Waals surface area contributed by atoms with E-state index in [-0.39, 0.29) is 5.75 Å². The predicted octanol–water partition coefficient (Wildman–Crippen LogP) is 4.05. The van der Waals surface area contributed by atoms with Crippen molar-refractivity contribution in [2.24, 2.45) is 0 Å². The lowest BCUT2D eigenvalue weighted by molar-refractivity contribution is -0.0488. The van der Waals surface area contributed by atoms with E-state index >= 15 is 0 Å². The summed E-state index contributed by atoms with van der Waals surface area (Å²) in [6.07, 6.45) is 0. The number of benzene rings is 2. The molecule has 0 unspecified atom stereocenters. The molecule has 0 amide bonds. The van der Waals surface area contributed by atoms with Crippen molar-refractivity contribution in [2.75, 3.05) is 0 Å². The van der Waals surface area contributed by atoms with Crippen LogP contribution in [0.2, 0.25) is 0 Å². The van der Waals surface area contributed by atoms with Crippen molar-refractivity contribution < 1.29 is 13.5 Å². The van der Waals surface area contributed by atoms with Crippen LogP contribution in [0.1, 0.15) is 0 Å². The Hall–Kier alpha value is -0.910. The highest BCUT2D eigenvalue weighted by molar-refractivity contribution is 14.1. The third-order valence-electron chi connectivity index (χ3n) is 2.03. The molecule has 0 fully saturated rings. The van der Waals surface area contributed by atoms with Gasteiger partial charge in [0.05, 0.1) is 0 Å². The number of fused-ring (bicyclic) bond motifs is 1. The third-order valence-corrected chi connectivity index (χ3v) is 2.93. The Kier molecular flexibility index (Phi) is 3.04. The van der Waals surface area contributed by atoms with Crippen LogP contribution in [0.15, 0.2) is 36.4 Å². The first-order valence-electron chi connectivity index (χ1n) is 4.30. The van der Waals surface area contributed by atoms with Crippen LogP contribution < -0.4 is 4.74 Å². The Morgan fingerprint density at radius 1 is 1.07 bits per heavy atom. The molecule has 2 rings (SSSR count). The van der Waals surface area contributed by atoms with E-state index in [0.29, 0.717) is 0 Å². The Bertz CT molecular complexity index is 480. The molecule has 4 heteroatoms. The van der Waals surface area contributed by atoms with Gasteiger partial charge >= 0.3 is 6.61 Å². The van der Waals surface area contributed by atoms with Gasteiger partial charge in [0.1, 0.15) is 5.75 Å². The number of hydrogen-bond donors (Lipinski definition) is 0. The summed E-state index contributed by atoms with van der Waals surface area (Å²) in [5.74, 6) is 0.229. The van der Waals surface area contributed by atoms with E-state index in [9.17, 15) is 8.78 Å². The molecule has 78 valence electrons. The molecule has 2 aromatic carbocycles. The van der Waals surface area contributed by atoms with E-state index in [0.717, 1.165) is 14.3 Å². The molecule has 0 aliphatic heterocycles.